The zero-order valence-electron chi connectivity index (χ0n) is 11.9. The van der Waals surface area contributed by atoms with Crippen LogP contribution in [-0.2, 0) is 0 Å². The highest BCUT2D eigenvalue weighted by atomic mass is 127. The van der Waals surface area contributed by atoms with E-state index < -0.39 is 0 Å². The third-order valence-corrected chi connectivity index (χ3v) is 3.62. The van der Waals surface area contributed by atoms with Gasteiger partial charge in [0.15, 0.2) is 0 Å². The Hall–Kier alpha value is -1.21. The van der Waals surface area contributed by atoms with E-state index in [0.29, 0.717) is 34.9 Å². The number of benzene rings is 1. The van der Waals surface area contributed by atoms with Gasteiger partial charge in [-0.2, -0.15) is 4.98 Å². The van der Waals surface area contributed by atoms with Gasteiger partial charge >= 0.3 is 0 Å². The van der Waals surface area contributed by atoms with Gasteiger partial charge in [-0.25, -0.2) is 0 Å². The monoisotopic (exact) mass is 417 g/mol. The van der Waals surface area contributed by atoms with Crippen molar-refractivity contribution in [3.63, 3.8) is 0 Å². The lowest BCUT2D eigenvalue weighted by Crippen LogP contribution is -2.08. The van der Waals surface area contributed by atoms with E-state index in [2.05, 4.69) is 46.7 Å². The SMILES string of the molecule is CC(C)COc1nc(Nc2ccc(I)cc2Cl)ccc1N. The molecule has 0 saturated heterocycles. The van der Waals surface area contributed by atoms with Gasteiger partial charge < -0.3 is 15.8 Å². The molecule has 3 N–H and O–H groups in total. The van der Waals surface area contributed by atoms with Crippen molar-refractivity contribution >= 4 is 51.4 Å². The van der Waals surface area contributed by atoms with Crippen LogP contribution < -0.4 is 15.8 Å². The number of hydrogen-bond acceptors (Lipinski definition) is 4. The average molecular weight is 418 g/mol. The molecule has 6 heteroatoms. The molecule has 0 aliphatic heterocycles. The molecule has 2 aromatic rings. The normalized spacial score (nSPS) is 10.7. The van der Waals surface area contributed by atoms with Crippen LogP contribution in [0.4, 0.5) is 17.2 Å². The lowest BCUT2D eigenvalue weighted by Gasteiger charge is -2.13. The summed E-state index contributed by atoms with van der Waals surface area (Å²) >= 11 is 8.42. The van der Waals surface area contributed by atoms with Gasteiger partial charge in [0.05, 0.1) is 23.0 Å². The Bertz CT molecular complexity index is 634. The third-order valence-electron chi connectivity index (χ3n) is 2.64. The number of pyridine rings is 1. The zero-order chi connectivity index (χ0) is 15.4. The summed E-state index contributed by atoms with van der Waals surface area (Å²) in [5.74, 6) is 1.50. The van der Waals surface area contributed by atoms with Crippen LogP contribution in [0.2, 0.25) is 5.02 Å². The Labute approximate surface area is 143 Å². The topological polar surface area (TPSA) is 60.2 Å². The fraction of sp³-hybridized carbons (Fsp3) is 0.267. The molecule has 1 aromatic heterocycles. The predicted molar refractivity (Wildman–Crippen MR) is 96.4 cm³/mol. The number of nitrogens with two attached hydrogens (primary N) is 1. The van der Waals surface area contributed by atoms with Gasteiger partial charge in [-0.05, 0) is 58.8 Å². The molecule has 0 bridgehead atoms. The van der Waals surface area contributed by atoms with E-state index in [-0.39, 0.29) is 0 Å². The maximum atomic E-state index is 6.20. The smallest absolute Gasteiger partial charge is 0.239 e. The van der Waals surface area contributed by atoms with Gasteiger partial charge in [0.1, 0.15) is 5.82 Å². The molecule has 1 heterocycles. The number of ether oxygens (including phenoxy) is 1. The minimum atomic E-state index is 0.411. The van der Waals surface area contributed by atoms with Gasteiger partial charge in [0, 0.05) is 3.57 Å². The van der Waals surface area contributed by atoms with Gasteiger partial charge in [-0.3, -0.25) is 0 Å². The number of anilines is 3. The van der Waals surface area contributed by atoms with Crippen LogP contribution in [0.1, 0.15) is 13.8 Å². The second-order valence-corrected chi connectivity index (χ2v) is 6.70. The quantitative estimate of drug-likeness (QED) is 0.692. The molecular formula is C15H17ClIN3O. The van der Waals surface area contributed by atoms with Crippen molar-refractivity contribution in [3.8, 4) is 5.88 Å². The minimum absolute atomic E-state index is 0.411. The molecule has 0 amide bonds. The van der Waals surface area contributed by atoms with Crippen molar-refractivity contribution in [1.82, 2.24) is 4.98 Å². The highest BCUT2D eigenvalue weighted by molar-refractivity contribution is 14.1. The van der Waals surface area contributed by atoms with E-state index in [4.69, 9.17) is 22.1 Å². The van der Waals surface area contributed by atoms with E-state index in [1.807, 2.05) is 18.2 Å². The molecule has 0 atom stereocenters. The van der Waals surface area contributed by atoms with Crippen LogP contribution in [0.3, 0.4) is 0 Å². The van der Waals surface area contributed by atoms with E-state index in [9.17, 15) is 0 Å². The molecule has 0 aliphatic carbocycles. The summed E-state index contributed by atoms with van der Waals surface area (Å²) in [4.78, 5) is 4.38. The number of nitrogens with one attached hydrogen (secondary N) is 1. The van der Waals surface area contributed by atoms with Crippen molar-refractivity contribution in [3.05, 3.63) is 38.9 Å². The largest absolute Gasteiger partial charge is 0.476 e. The second kappa shape index (κ2) is 7.17. The Balaban J connectivity index is 2.18. The summed E-state index contributed by atoms with van der Waals surface area (Å²) in [6, 6.07) is 9.34. The van der Waals surface area contributed by atoms with E-state index in [1.54, 1.807) is 12.1 Å². The van der Waals surface area contributed by atoms with Crippen molar-refractivity contribution in [2.75, 3.05) is 17.7 Å². The number of nitrogen functional groups attached to an aromatic ring is 1. The predicted octanol–water partition coefficient (Wildman–Crippen LogP) is 4.70. The zero-order valence-corrected chi connectivity index (χ0v) is 14.8. The fourth-order valence-electron chi connectivity index (χ4n) is 1.61. The maximum absolute atomic E-state index is 6.20. The van der Waals surface area contributed by atoms with Gasteiger partial charge in [-0.1, -0.05) is 25.4 Å². The molecule has 2 rings (SSSR count). The van der Waals surface area contributed by atoms with Crippen LogP contribution >= 0.6 is 34.2 Å². The maximum Gasteiger partial charge on any atom is 0.239 e. The van der Waals surface area contributed by atoms with Crippen molar-refractivity contribution in [2.24, 2.45) is 5.92 Å². The van der Waals surface area contributed by atoms with Crippen molar-refractivity contribution < 1.29 is 4.74 Å². The molecule has 0 saturated carbocycles. The second-order valence-electron chi connectivity index (χ2n) is 5.04. The lowest BCUT2D eigenvalue weighted by molar-refractivity contribution is 0.263. The molecular weight excluding hydrogens is 401 g/mol. The Kier molecular flexibility index (Phi) is 5.52. The average Bonchev–Trinajstić information content (AvgIpc) is 2.42. The lowest BCUT2D eigenvalue weighted by atomic mass is 10.2. The third kappa shape index (κ3) is 4.64. The highest BCUT2D eigenvalue weighted by Crippen LogP contribution is 2.28. The molecule has 0 spiro atoms. The number of aromatic nitrogens is 1. The first kappa shape index (κ1) is 16.2. The fourth-order valence-corrected chi connectivity index (χ4v) is 2.51. The van der Waals surface area contributed by atoms with Crippen LogP contribution in [0, 0.1) is 9.49 Å². The van der Waals surface area contributed by atoms with Crippen molar-refractivity contribution in [1.29, 1.82) is 0 Å². The molecule has 1 aromatic carbocycles. The standard InChI is InChI=1S/C15H17ClIN3O/c1-9(2)8-21-15-12(18)4-6-14(20-15)19-13-5-3-10(17)7-11(13)16/h3-7,9H,8,18H2,1-2H3,(H,19,20). The Morgan fingerprint density at radius 2 is 2.10 bits per heavy atom. The number of nitrogens with zero attached hydrogens (tertiary/aromatic N) is 1. The first-order chi connectivity index (χ1) is 9.95. The summed E-state index contributed by atoms with van der Waals surface area (Å²) in [6.07, 6.45) is 0. The molecule has 0 unspecified atom stereocenters. The highest BCUT2D eigenvalue weighted by Gasteiger charge is 2.07. The first-order valence-corrected chi connectivity index (χ1v) is 8.03. The molecule has 21 heavy (non-hydrogen) atoms. The van der Waals surface area contributed by atoms with Crippen LogP contribution in [0.15, 0.2) is 30.3 Å². The van der Waals surface area contributed by atoms with Crippen LogP contribution in [-0.4, -0.2) is 11.6 Å². The van der Waals surface area contributed by atoms with Crippen LogP contribution in [0.25, 0.3) is 0 Å². The first-order valence-electron chi connectivity index (χ1n) is 6.57. The summed E-state index contributed by atoms with van der Waals surface area (Å²) in [5.41, 5.74) is 7.20. The number of halogens is 2. The van der Waals surface area contributed by atoms with E-state index in [0.717, 1.165) is 9.26 Å². The van der Waals surface area contributed by atoms with Gasteiger partial charge in [0.25, 0.3) is 0 Å². The van der Waals surface area contributed by atoms with Gasteiger partial charge in [0.2, 0.25) is 5.88 Å². The molecule has 4 nitrogen and oxygen atoms in total. The molecule has 0 radical (unpaired) electrons. The van der Waals surface area contributed by atoms with Crippen molar-refractivity contribution in [2.45, 2.75) is 13.8 Å². The summed E-state index contributed by atoms with van der Waals surface area (Å²) in [5, 5.41) is 3.82. The van der Waals surface area contributed by atoms with Gasteiger partial charge in [-0.15, -0.1) is 0 Å². The summed E-state index contributed by atoms with van der Waals surface area (Å²) < 4.78 is 6.69. The minimum Gasteiger partial charge on any atom is -0.476 e. The molecule has 112 valence electrons. The Morgan fingerprint density at radius 3 is 2.76 bits per heavy atom. The molecule has 0 fully saturated rings. The summed E-state index contributed by atoms with van der Waals surface area (Å²) in [6.45, 7) is 4.72. The van der Waals surface area contributed by atoms with E-state index in [1.165, 1.54) is 0 Å². The number of hydrogen-bond donors (Lipinski definition) is 2. The summed E-state index contributed by atoms with van der Waals surface area (Å²) in [7, 11) is 0. The molecule has 0 aliphatic rings. The van der Waals surface area contributed by atoms with Crippen LogP contribution in [0.5, 0.6) is 5.88 Å². The Morgan fingerprint density at radius 1 is 1.33 bits per heavy atom. The van der Waals surface area contributed by atoms with E-state index >= 15 is 0 Å². The number of rotatable bonds is 5.